The van der Waals surface area contributed by atoms with Gasteiger partial charge in [-0.15, -0.1) is 0 Å². The maximum atomic E-state index is 12.5. The molecule has 1 aliphatic heterocycles. The van der Waals surface area contributed by atoms with Gasteiger partial charge in [-0.25, -0.2) is 0 Å². The van der Waals surface area contributed by atoms with E-state index in [-0.39, 0.29) is 0 Å². The average Bonchev–Trinajstić information content (AvgIpc) is 2.17. The molecule has 1 aromatic carbocycles. The lowest BCUT2D eigenvalue weighted by Gasteiger charge is -2.41. The van der Waals surface area contributed by atoms with Crippen LogP contribution in [0.25, 0.3) is 0 Å². The molecule has 0 spiro atoms. The third-order valence-corrected chi connectivity index (χ3v) is 3.57. The van der Waals surface area contributed by atoms with Crippen LogP contribution in [-0.4, -0.2) is 12.6 Å². The van der Waals surface area contributed by atoms with Crippen LogP contribution in [0.5, 0.6) is 0 Å². The van der Waals surface area contributed by atoms with E-state index in [4.69, 9.17) is 0 Å². The summed E-state index contributed by atoms with van der Waals surface area (Å²) in [4.78, 5) is 1.97. The molecule has 88 valence electrons. The van der Waals surface area contributed by atoms with Crippen LogP contribution in [0.4, 0.5) is 18.9 Å². The Labute approximate surface area is 100 Å². The fraction of sp³-hybridized carbons (Fsp3) is 0.455. The van der Waals surface area contributed by atoms with Crippen molar-refractivity contribution in [2.75, 3.05) is 11.4 Å². The number of anilines is 1. The second-order valence-electron chi connectivity index (χ2n) is 4.00. The quantitative estimate of drug-likeness (QED) is 0.754. The van der Waals surface area contributed by atoms with Crippen LogP contribution >= 0.6 is 15.9 Å². The first-order valence-corrected chi connectivity index (χ1v) is 5.82. The standard InChI is InChI=1S/C11H11BrF3N/c1-7-4-5-16(7)10-6-8(11(13,14)15)2-3-9(10)12/h2-3,6-7H,4-5H2,1H3. The molecule has 5 heteroatoms. The molecule has 0 N–H and O–H groups in total. The smallest absolute Gasteiger partial charge is 0.368 e. The van der Waals surface area contributed by atoms with E-state index in [2.05, 4.69) is 15.9 Å². The Bertz CT molecular complexity index is 403. The SMILES string of the molecule is CC1CCN1c1cc(C(F)(F)F)ccc1Br. The predicted molar refractivity (Wildman–Crippen MR) is 60.6 cm³/mol. The van der Waals surface area contributed by atoms with Crippen LogP contribution in [-0.2, 0) is 6.18 Å². The van der Waals surface area contributed by atoms with Crippen LogP contribution in [0.1, 0.15) is 18.9 Å². The molecule has 1 aliphatic rings. The highest BCUT2D eigenvalue weighted by atomic mass is 79.9. The van der Waals surface area contributed by atoms with Crippen molar-refractivity contribution in [1.82, 2.24) is 0 Å². The predicted octanol–water partition coefficient (Wildman–Crippen LogP) is 4.07. The third kappa shape index (κ3) is 2.05. The Kier molecular flexibility index (Phi) is 2.90. The number of nitrogens with zero attached hydrogens (tertiary/aromatic N) is 1. The van der Waals surface area contributed by atoms with Crippen molar-refractivity contribution in [3.8, 4) is 0 Å². The second kappa shape index (κ2) is 3.95. The highest BCUT2D eigenvalue weighted by Gasteiger charge is 2.33. The van der Waals surface area contributed by atoms with Crippen LogP contribution in [0.15, 0.2) is 22.7 Å². The topological polar surface area (TPSA) is 3.24 Å². The van der Waals surface area contributed by atoms with E-state index in [1.165, 1.54) is 12.1 Å². The van der Waals surface area contributed by atoms with Gasteiger partial charge in [-0.2, -0.15) is 13.2 Å². The van der Waals surface area contributed by atoms with Crippen molar-refractivity contribution in [2.24, 2.45) is 0 Å². The molecule has 0 aliphatic carbocycles. The van der Waals surface area contributed by atoms with Crippen molar-refractivity contribution in [3.05, 3.63) is 28.2 Å². The van der Waals surface area contributed by atoms with E-state index >= 15 is 0 Å². The molecule has 1 unspecified atom stereocenters. The minimum absolute atomic E-state index is 0.319. The van der Waals surface area contributed by atoms with Gasteiger partial charge in [0.05, 0.1) is 11.3 Å². The average molecular weight is 294 g/mol. The Morgan fingerprint density at radius 1 is 1.38 bits per heavy atom. The molecule has 0 amide bonds. The first-order chi connectivity index (χ1) is 7.39. The number of rotatable bonds is 1. The zero-order valence-electron chi connectivity index (χ0n) is 8.68. The van der Waals surface area contributed by atoms with Crippen molar-refractivity contribution in [1.29, 1.82) is 0 Å². The number of hydrogen-bond donors (Lipinski definition) is 0. The van der Waals surface area contributed by atoms with E-state index in [1.807, 2.05) is 11.8 Å². The maximum absolute atomic E-state index is 12.5. The summed E-state index contributed by atoms with van der Waals surface area (Å²) in [7, 11) is 0. The highest BCUT2D eigenvalue weighted by molar-refractivity contribution is 9.10. The van der Waals surface area contributed by atoms with Gasteiger partial charge in [-0.1, -0.05) is 0 Å². The van der Waals surface area contributed by atoms with Crippen LogP contribution < -0.4 is 4.90 Å². The maximum Gasteiger partial charge on any atom is 0.416 e. The summed E-state index contributed by atoms with van der Waals surface area (Å²) < 4.78 is 38.4. The Hall–Kier alpha value is -0.710. The van der Waals surface area contributed by atoms with Crippen molar-refractivity contribution >= 4 is 21.6 Å². The normalized spacial score (nSPS) is 20.8. The molecule has 0 aromatic heterocycles. The van der Waals surface area contributed by atoms with E-state index in [1.54, 1.807) is 0 Å². The van der Waals surface area contributed by atoms with E-state index in [0.717, 1.165) is 19.0 Å². The summed E-state index contributed by atoms with van der Waals surface area (Å²) >= 11 is 3.29. The van der Waals surface area contributed by atoms with Gasteiger partial charge < -0.3 is 4.90 Å². The molecule has 1 saturated heterocycles. The monoisotopic (exact) mass is 293 g/mol. The van der Waals surface area contributed by atoms with Gasteiger partial charge in [0.25, 0.3) is 0 Å². The molecule has 1 nitrogen and oxygen atoms in total. The number of halogens is 4. The largest absolute Gasteiger partial charge is 0.416 e. The lowest BCUT2D eigenvalue weighted by molar-refractivity contribution is -0.137. The molecule has 0 bridgehead atoms. The minimum Gasteiger partial charge on any atom is -0.368 e. The van der Waals surface area contributed by atoms with E-state index in [9.17, 15) is 13.2 Å². The van der Waals surface area contributed by atoms with E-state index in [0.29, 0.717) is 16.2 Å². The van der Waals surface area contributed by atoms with Crippen LogP contribution in [0, 0.1) is 0 Å². The molecular formula is C11H11BrF3N. The molecule has 2 rings (SSSR count). The lowest BCUT2D eigenvalue weighted by atomic mass is 10.0. The van der Waals surface area contributed by atoms with Gasteiger partial charge in [0.15, 0.2) is 0 Å². The van der Waals surface area contributed by atoms with Gasteiger partial charge in [-0.3, -0.25) is 0 Å². The van der Waals surface area contributed by atoms with Crippen molar-refractivity contribution in [2.45, 2.75) is 25.6 Å². The molecule has 16 heavy (non-hydrogen) atoms. The molecule has 1 atom stereocenters. The fourth-order valence-electron chi connectivity index (χ4n) is 1.78. The zero-order valence-corrected chi connectivity index (χ0v) is 10.3. The zero-order chi connectivity index (χ0) is 11.9. The van der Waals surface area contributed by atoms with Crippen LogP contribution in [0.3, 0.4) is 0 Å². The minimum atomic E-state index is -4.27. The van der Waals surface area contributed by atoms with Gasteiger partial charge >= 0.3 is 6.18 Å². The second-order valence-corrected chi connectivity index (χ2v) is 4.85. The summed E-state index contributed by atoms with van der Waals surface area (Å²) in [5.41, 5.74) is 0.0402. The fourth-order valence-corrected chi connectivity index (χ4v) is 2.26. The summed E-state index contributed by atoms with van der Waals surface area (Å²) in [5, 5.41) is 0. The summed E-state index contributed by atoms with van der Waals surface area (Å²) in [6.07, 6.45) is -3.24. The third-order valence-electron chi connectivity index (χ3n) is 2.90. The van der Waals surface area contributed by atoms with E-state index < -0.39 is 11.7 Å². The lowest BCUT2D eigenvalue weighted by Crippen LogP contribution is -2.46. The molecule has 1 heterocycles. The summed E-state index contributed by atoms with van der Waals surface area (Å²) in [6.45, 7) is 2.83. The molecular weight excluding hydrogens is 283 g/mol. The Balaban J connectivity index is 2.37. The number of benzene rings is 1. The Morgan fingerprint density at radius 2 is 2.06 bits per heavy atom. The highest BCUT2D eigenvalue weighted by Crippen LogP contribution is 2.38. The van der Waals surface area contributed by atoms with Gasteiger partial charge in [0.1, 0.15) is 0 Å². The van der Waals surface area contributed by atoms with Crippen molar-refractivity contribution < 1.29 is 13.2 Å². The van der Waals surface area contributed by atoms with Gasteiger partial charge in [0, 0.05) is 17.1 Å². The first kappa shape index (κ1) is 11.8. The Morgan fingerprint density at radius 3 is 2.50 bits per heavy atom. The molecule has 0 radical (unpaired) electrons. The first-order valence-electron chi connectivity index (χ1n) is 5.03. The molecule has 1 aromatic rings. The molecule has 1 fully saturated rings. The van der Waals surface area contributed by atoms with Gasteiger partial charge in [0.2, 0.25) is 0 Å². The summed E-state index contributed by atoms with van der Waals surface area (Å²) in [6, 6.07) is 4.08. The number of hydrogen-bond acceptors (Lipinski definition) is 1. The van der Waals surface area contributed by atoms with Crippen LogP contribution in [0.2, 0.25) is 0 Å². The number of alkyl halides is 3. The molecule has 0 saturated carbocycles. The van der Waals surface area contributed by atoms with Gasteiger partial charge in [-0.05, 0) is 47.5 Å². The van der Waals surface area contributed by atoms with Crippen molar-refractivity contribution in [3.63, 3.8) is 0 Å². The summed E-state index contributed by atoms with van der Waals surface area (Å²) in [5.74, 6) is 0.